The molecular formula is C19H17Cl2N3O3. The maximum atomic E-state index is 6.05. The fraction of sp³-hybridized carbons (Fsp3) is 0.158. The quantitative estimate of drug-likeness (QED) is 0.582. The Hall–Kier alpha value is -2.70. The summed E-state index contributed by atoms with van der Waals surface area (Å²) >= 11 is 12.0. The first-order chi connectivity index (χ1) is 13.1. The third-order valence-electron chi connectivity index (χ3n) is 3.65. The van der Waals surface area contributed by atoms with Gasteiger partial charge in [-0.1, -0.05) is 41.4 Å². The summed E-state index contributed by atoms with van der Waals surface area (Å²) in [7, 11) is 3.03. The smallest absolute Gasteiger partial charge is 0.328 e. The van der Waals surface area contributed by atoms with Crippen LogP contribution in [0.4, 0.5) is 5.69 Å². The molecule has 0 saturated carbocycles. The average molecular weight is 406 g/mol. The van der Waals surface area contributed by atoms with Gasteiger partial charge in [0.2, 0.25) is 11.8 Å². The first-order valence-electron chi connectivity index (χ1n) is 8.01. The predicted molar refractivity (Wildman–Crippen MR) is 105 cm³/mol. The van der Waals surface area contributed by atoms with Crippen molar-refractivity contribution in [3.05, 3.63) is 64.1 Å². The highest BCUT2D eigenvalue weighted by Crippen LogP contribution is 2.28. The van der Waals surface area contributed by atoms with Gasteiger partial charge in [0.05, 0.1) is 30.3 Å². The number of aromatic nitrogens is 2. The van der Waals surface area contributed by atoms with Crippen LogP contribution in [0, 0.1) is 0 Å². The number of rotatable bonds is 7. The van der Waals surface area contributed by atoms with Crippen LogP contribution in [0.3, 0.4) is 0 Å². The topological polar surface area (TPSA) is 65.5 Å². The van der Waals surface area contributed by atoms with Crippen LogP contribution in [0.5, 0.6) is 23.5 Å². The van der Waals surface area contributed by atoms with Gasteiger partial charge in [0, 0.05) is 17.8 Å². The molecule has 0 bridgehead atoms. The van der Waals surface area contributed by atoms with Gasteiger partial charge in [-0.2, -0.15) is 9.97 Å². The summed E-state index contributed by atoms with van der Waals surface area (Å²) in [5.41, 5.74) is 1.76. The number of nitrogens with one attached hydrogen (secondary N) is 1. The van der Waals surface area contributed by atoms with Crippen LogP contribution >= 0.6 is 23.2 Å². The van der Waals surface area contributed by atoms with Crippen LogP contribution in [0.15, 0.2) is 48.5 Å². The molecule has 8 heteroatoms. The zero-order valence-electron chi connectivity index (χ0n) is 14.7. The monoisotopic (exact) mass is 405 g/mol. The van der Waals surface area contributed by atoms with Crippen molar-refractivity contribution in [3.63, 3.8) is 0 Å². The molecule has 0 aliphatic carbocycles. The molecule has 1 aromatic heterocycles. The number of methoxy groups -OCH3 is 2. The molecule has 0 atom stereocenters. The first kappa shape index (κ1) is 19.1. The molecule has 3 rings (SSSR count). The molecule has 0 aliphatic heterocycles. The van der Waals surface area contributed by atoms with Gasteiger partial charge in [-0.25, -0.2) is 0 Å². The second kappa shape index (κ2) is 8.79. The lowest BCUT2D eigenvalue weighted by Gasteiger charge is -2.13. The van der Waals surface area contributed by atoms with Crippen molar-refractivity contribution in [3.8, 4) is 23.5 Å². The summed E-state index contributed by atoms with van der Waals surface area (Å²) < 4.78 is 16.1. The van der Waals surface area contributed by atoms with E-state index in [1.54, 1.807) is 18.2 Å². The molecule has 0 aliphatic rings. The lowest BCUT2D eigenvalue weighted by molar-refractivity contribution is 0.347. The van der Waals surface area contributed by atoms with E-state index < -0.39 is 0 Å². The highest BCUT2D eigenvalue weighted by Gasteiger charge is 2.10. The van der Waals surface area contributed by atoms with Crippen LogP contribution < -0.4 is 19.5 Å². The van der Waals surface area contributed by atoms with E-state index in [0.717, 1.165) is 11.3 Å². The normalized spacial score (nSPS) is 10.4. The van der Waals surface area contributed by atoms with Crippen LogP contribution in [0.1, 0.15) is 5.56 Å². The molecule has 140 valence electrons. The molecule has 0 unspecified atom stereocenters. The van der Waals surface area contributed by atoms with Crippen molar-refractivity contribution in [2.24, 2.45) is 0 Å². The Kier molecular flexibility index (Phi) is 6.21. The van der Waals surface area contributed by atoms with E-state index in [2.05, 4.69) is 15.3 Å². The van der Waals surface area contributed by atoms with Crippen LogP contribution in [0.2, 0.25) is 10.0 Å². The molecule has 1 heterocycles. The summed E-state index contributed by atoms with van der Waals surface area (Å²) in [5, 5.41) is 4.29. The SMILES string of the molecule is COc1cc(OC)nc(Oc2ccccc2CNc2ccc(Cl)c(Cl)c2)n1. The third kappa shape index (κ3) is 4.93. The number of hydrogen-bond acceptors (Lipinski definition) is 6. The fourth-order valence-electron chi connectivity index (χ4n) is 2.29. The van der Waals surface area contributed by atoms with Crippen molar-refractivity contribution in [1.29, 1.82) is 0 Å². The average Bonchev–Trinajstić information content (AvgIpc) is 2.69. The van der Waals surface area contributed by atoms with Crippen LogP contribution in [-0.2, 0) is 6.54 Å². The van der Waals surface area contributed by atoms with E-state index in [1.807, 2.05) is 30.3 Å². The Bertz CT molecular complexity index is 916. The van der Waals surface area contributed by atoms with Crippen molar-refractivity contribution < 1.29 is 14.2 Å². The zero-order chi connectivity index (χ0) is 19.2. The molecule has 6 nitrogen and oxygen atoms in total. The predicted octanol–water partition coefficient (Wildman–Crippen LogP) is 5.21. The molecular weight excluding hydrogens is 389 g/mol. The van der Waals surface area contributed by atoms with Gasteiger partial charge in [0.1, 0.15) is 5.75 Å². The second-order valence-electron chi connectivity index (χ2n) is 5.43. The molecule has 3 aromatic rings. The summed E-state index contributed by atoms with van der Waals surface area (Å²) in [4.78, 5) is 8.38. The Balaban J connectivity index is 1.78. The van der Waals surface area contributed by atoms with Gasteiger partial charge >= 0.3 is 6.01 Å². The van der Waals surface area contributed by atoms with Crippen LogP contribution in [0.25, 0.3) is 0 Å². The number of anilines is 1. The molecule has 0 spiro atoms. The molecule has 2 aromatic carbocycles. The maximum Gasteiger partial charge on any atom is 0.328 e. The van der Waals surface area contributed by atoms with Gasteiger partial charge in [-0.15, -0.1) is 0 Å². The summed E-state index contributed by atoms with van der Waals surface area (Å²) in [6, 6.07) is 14.6. The Morgan fingerprint density at radius 3 is 2.26 bits per heavy atom. The second-order valence-corrected chi connectivity index (χ2v) is 6.24. The summed E-state index contributed by atoms with van der Waals surface area (Å²) in [5.74, 6) is 1.31. The number of hydrogen-bond donors (Lipinski definition) is 1. The highest BCUT2D eigenvalue weighted by atomic mass is 35.5. The van der Waals surface area contributed by atoms with Gasteiger partial charge in [0.15, 0.2) is 0 Å². The van der Waals surface area contributed by atoms with Crippen LogP contribution in [-0.4, -0.2) is 24.2 Å². The molecule has 0 amide bonds. The standard InChI is InChI=1S/C19H17Cl2N3O3/c1-25-17-10-18(26-2)24-19(23-17)27-16-6-4-3-5-12(16)11-22-13-7-8-14(20)15(21)9-13/h3-10,22H,11H2,1-2H3. The lowest BCUT2D eigenvalue weighted by atomic mass is 10.2. The molecule has 1 N–H and O–H groups in total. The minimum absolute atomic E-state index is 0.133. The van der Waals surface area contributed by atoms with Gasteiger partial charge < -0.3 is 19.5 Å². The van der Waals surface area contributed by atoms with Crippen molar-refractivity contribution in [1.82, 2.24) is 9.97 Å². The van der Waals surface area contributed by atoms with Gasteiger partial charge in [0.25, 0.3) is 0 Å². The molecule has 0 saturated heterocycles. The van der Waals surface area contributed by atoms with E-state index in [4.69, 9.17) is 37.4 Å². The molecule has 0 radical (unpaired) electrons. The number of ether oxygens (including phenoxy) is 3. The largest absolute Gasteiger partial charge is 0.481 e. The van der Waals surface area contributed by atoms with Crippen molar-refractivity contribution >= 4 is 28.9 Å². The number of para-hydroxylation sites is 1. The van der Waals surface area contributed by atoms with E-state index in [9.17, 15) is 0 Å². The summed E-state index contributed by atoms with van der Waals surface area (Å²) in [6.07, 6.45) is 0. The van der Waals surface area contributed by atoms with E-state index in [0.29, 0.717) is 34.1 Å². The van der Waals surface area contributed by atoms with Gasteiger partial charge in [-0.3, -0.25) is 0 Å². The third-order valence-corrected chi connectivity index (χ3v) is 4.39. The Morgan fingerprint density at radius 2 is 1.59 bits per heavy atom. The van der Waals surface area contributed by atoms with E-state index in [1.165, 1.54) is 14.2 Å². The van der Waals surface area contributed by atoms with Gasteiger partial charge in [-0.05, 0) is 24.3 Å². The van der Waals surface area contributed by atoms with Crippen molar-refractivity contribution in [2.45, 2.75) is 6.54 Å². The zero-order valence-corrected chi connectivity index (χ0v) is 16.2. The van der Waals surface area contributed by atoms with E-state index >= 15 is 0 Å². The Labute approximate surface area is 167 Å². The maximum absolute atomic E-state index is 6.05. The lowest BCUT2D eigenvalue weighted by Crippen LogP contribution is -2.03. The fourth-order valence-corrected chi connectivity index (χ4v) is 2.59. The number of halogens is 2. The molecule has 0 fully saturated rings. The Morgan fingerprint density at radius 1 is 0.889 bits per heavy atom. The summed E-state index contributed by atoms with van der Waals surface area (Å²) in [6.45, 7) is 0.509. The first-order valence-corrected chi connectivity index (χ1v) is 8.76. The number of benzene rings is 2. The number of nitrogens with zero attached hydrogens (tertiary/aromatic N) is 2. The van der Waals surface area contributed by atoms with Crippen molar-refractivity contribution in [2.75, 3.05) is 19.5 Å². The highest BCUT2D eigenvalue weighted by molar-refractivity contribution is 6.42. The minimum Gasteiger partial charge on any atom is -0.481 e. The minimum atomic E-state index is 0.133. The van der Waals surface area contributed by atoms with E-state index in [-0.39, 0.29) is 6.01 Å². The molecule has 27 heavy (non-hydrogen) atoms.